The fraction of sp³-hybridized carbons (Fsp3) is 0.333. The monoisotopic (exact) mass is 498 g/mol. The van der Waals surface area contributed by atoms with Gasteiger partial charge >= 0.3 is 21.7 Å². The van der Waals surface area contributed by atoms with Gasteiger partial charge in [0.2, 0.25) is 0 Å². The number of benzene rings is 2. The van der Waals surface area contributed by atoms with Crippen molar-refractivity contribution in [2.45, 2.75) is 54.5 Å². The molecule has 1 aliphatic rings. The van der Waals surface area contributed by atoms with Crippen LogP contribution in [-0.2, 0) is 21.7 Å². The average Bonchev–Trinajstić information content (AvgIpc) is 2.84. The van der Waals surface area contributed by atoms with E-state index in [0.717, 1.165) is 6.42 Å². The largest absolute Gasteiger partial charge is 4.00 e. The van der Waals surface area contributed by atoms with E-state index in [0.29, 0.717) is 0 Å². The minimum Gasteiger partial charge on any atom is -1.00 e. The standard InChI is InChI=1S/C24H29Si.3ClH.Ti/c1-16-10-17(2)13-22(12-16)25(7,24-9-8-20(5)21(24)6)23-14-18(3)11-19(4)15-23;;;;/h10-15H,9H2,1-7H3;3*1H;/q-1;;;;+4/p-3. The van der Waals surface area contributed by atoms with Crippen molar-refractivity contribution in [3.8, 4) is 0 Å². The van der Waals surface area contributed by atoms with E-state index in [9.17, 15) is 0 Å². The van der Waals surface area contributed by atoms with E-state index in [1.807, 2.05) is 0 Å². The van der Waals surface area contributed by atoms with Gasteiger partial charge in [0.15, 0.2) is 0 Å². The van der Waals surface area contributed by atoms with Gasteiger partial charge in [0.1, 0.15) is 8.07 Å². The Hall–Kier alpha value is -0.279. The summed E-state index contributed by atoms with van der Waals surface area (Å²) in [4.78, 5) is 0. The summed E-state index contributed by atoms with van der Waals surface area (Å²) in [5, 5.41) is 4.68. The first-order valence-corrected chi connectivity index (χ1v) is 11.7. The van der Waals surface area contributed by atoms with Crippen molar-refractivity contribution in [1.29, 1.82) is 0 Å². The Labute approximate surface area is 211 Å². The molecule has 0 saturated carbocycles. The molecule has 0 nitrogen and oxygen atoms in total. The molecule has 0 saturated heterocycles. The molecule has 29 heavy (non-hydrogen) atoms. The smallest absolute Gasteiger partial charge is 1.00 e. The Morgan fingerprint density at radius 3 is 1.28 bits per heavy atom. The molecule has 2 aromatic rings. The van der Waals surface area contributed by atoms with Crippen LogP contribution in [0.5, 0.6) is 0 Å². The van der Waals surface area contributed by atoms with E-state index < -0.39 is 8.07 Å². The predicted octanol–water partition coefficient (Wildman–Crippen LogP) is -3.87. The number of aryl methyl sites for hydroxylation is 4. The first kappa shape index (κ1) is 30.9. The second-order valence-electron chi connectivity index (χ2n) is 7.96. The number of hydrogen-bond acceptors (Lipinski definition) is 0. The van der Waals surface area contributed by atoms with Gasteiger partial charge in [-0.2, -0.15) is 5.20 Å². The summed E-state index contributed by atoms with van der Waals surface area (Å²) in [7, 11) is -2.00. The van der Waals surface area contributed by atoms with Crippen molar-refractivity contribution in [3.63, 3.8) is 0 Å². The zero-order chi connectivity index (χ0) is 18.4. The summed E-state index contributed by atoms with van der Waals surface area (Å²) in [6, 6.07) is 14.3. The molecule has 0 N–H and O–H groups in total. The number of hydrogen-bond donors (Lipinski definition) is 0. The van der Waals surface area contributed by atoms with Crippen LogP contribution in [0.15, 0.2) is 52.7 Å². The molecular weight excluding hydrogens is 471 g/mol. The van der Waals surface area contributed by atoms with Crippen molar-refractivity contribution in [1.82, 2.24) is 0 Å². The first-order valence-electron chi connectivity index (χ1n) is 9.17. The molecule has 1 aliphatic carbocycles. The van der Waals surface area contributed by atoms with Crippen molar-refractivity contribution in [2.75, 3.05) is 0 Å². The third-order valence-electron chi connectivity index (χ3n) is 5.75. The Morgan fingerprint density at radius 1 is 0.655 bits per heavy atom. The Bertz CT molecular complexity index is 824. The van der Waals surface area contributed by atoms with E-state index >= 15 is 0 Å². The predicted molar refractivity (Wildman–Crippen MR) is 112 cm³/mol. The minimum atomic E-state index is -2.00. The van der Waals surface area contributed by atoms with Gasteiger partial charge in [-0.05, 0) is 27.7 Å². The van der Waals surface area contributed by atoms with Gasteiger partial charge in [-0.25, -0.2) is 11.1 Å². The average molecular weight is 500 g/mol. The summed E-state index contributed by atoms with van der Waals surface area (Å²) >= 11 is 0. The SMILES string of the molecule is CC1=[C-]CC([Si](C)(c2cc(C)cc(C)c2)c2cc(C)cc(C)c2)=C1C.[Cl-].[Cl-].[Cl-].[Ti+4]. The van der Waals surface area contributed by atoms with Crippen LogP contribution < -0.4 is 47.6 Å². The maximum atomic E-state index is 3.60. The maximum absolute atomic E-state index is 3.60. The molecule has 0 radical (unpaired) electrons. The molecule has 154 valence electrons. The van der Waals surface area contributed by atoms with Gasteiger partial charge in [0.25, 0.3) is 0 Å². The van der Waals surface area contributed by atoms with E-state index in [1.54, 1.807) is 5.20 Å². The van der Waals surface area contributed by atoms with E-state index in [4.69, 9.17) is 0 Å². The third kappa shape index (κ3) is 6.12. The first-order chi connectivity index (χ1) is 11.7. The topological polar surface area (TPSA) is 0 Å². The molecule has 5 heteroatoms. The van der Waals surface area contributed by atoms with E-state index in [-0.39, 0.29) is 58.9 Å². The maximum Gasteiger partial charge on any atom is 4.00 e. The van der Waals surface area contributed by atoms with Gasteiger partial charge in [0, 0.05) is 0 Å². The molecule has 0 fully saturated rings. The van der Waals surface area contributed by atoms with Crippen molar-refractivity contribution >= 4 is 18.4 Å². The van der Waals surface area contributed by atoms with Crippen LogP contribution in [0, 0.1) is 33.8 Å². The quantitative estimate of drug-likeness (QED) is 0.300. The molecule has 0 unspecified atom stereocenters. The number of halogens is 3. The molecule has 0 atom stereocenters. The van der Waals surface area contributed by atoms with Crippen LogP contribution in [0.1, 0.15) is 42.5 Å². The Morgan fingerprint density at radius 2 is 1.00 bits per heavy atom. The molecule has 3 rings (SSSR count). The zero-order valence-electron chi connectivity index (χ0n) is 18.3. The third-order valence-corrected chi connectivity index (χ3v) is 10.4. The van der Waals surface area contributed by atoms with Crippen molar-refractivity contribution in [3.05, 3.63) is 81.1 Å². The molecule has 0 aromatic heterocycles. The van der Waals surface area contributed by atoms with Crippen LogP contribution in [-0.4, -0.2) is 8.07 Å². The minimum absolute atomic E-state index is 0. The van der Waals surface area contributed by atoms with Crippen molar-refractivity contribution in [2.24, 2.45) is 0 Å². The van der Waals surface area contributed by atoms with E-state index in [1.165, 1.54) is 43.8 Å². The van der Waals surface area contributed by atoms with E-state index in [2.05, 4.69) is 90.6 Å². The molecule has 0 heterocycles. The normalized spacial score (nSPS) is 12.9. The summed E-state index contributed by atoms with van der Waals surface area (Å²) in [6.07, 6.45) is 4.59. The molecule has 0 amide bonds. The van der Waals surface area contributed by atoms with Crippen LogP contribution in [0.3, 0.4) is 0 Å². The fourth-order valence-electron chi connectivity index (χ4n) is 4.31. The van der Waals surface area contributed by atoms with Crippen LogP contribution in [0.25, 0.3) is 0 Å². The van der Waals surface area contributed by atoms with Crippen LogP contribution >= 0.6 is 0 Å². The van der Waals surface area contributed by atoms with Gasteiger partial charge in [-0.15, -0.1) is 13.3 Å². The molecular formula is C24H29Cl3SiTi. The second-order valence-corrected chi connectivity index (χ2v) is 12.0. The van der Waals surface area contributed by atoms with Crippen LogP contribution in [0.2, 0.25) is 6.55 Å². The van der Waals surface area contributed by atoms with Crippen molar-refractivity contribution < 1.29 is 58.9 Å². The summed E-state index contributed by atoms with van der Waals surface area (Å²) < 4.78 is 0. The summed E-state index contributed by atoms with van der Waals surface area (Å²) in [6.45, 7) is 15.9. The Kier molecular flexibility index (Phi) is 12.7. The molecule has 0 aliphatic heterocycles. The number of rotatable bonds is 3. The molecule has 2 aromatic carbocycles. The van der Waals surface area contributed by atoms with Gasteiger partial charge in [0.05, 0.1) is 0 Å². The summed E-state index contributed by atoms with van der Waals surface area (Å²) in [5.74, 6) is 0. The van der Waals surface area contributed by atoms with Gasteiger partial charge in [-0.3, -0.25) is 6.08 Å². The molecule has 0 bridgehead atoms. The van der Waals surface area contributed by atoms with Gasteiger partial charge < -0.3 is 37.2 Å². The zero-order valence-corrected chi connectivity index (χ0v) is 23.1. The number of allylic oxidation sites excluding steroid dienone is 4. The van der Waals surface area contributed by atoms with Crippen LogP contribution in [0.4, 0.5) is 0 Å². The summed E-state index contributed by atoms with van der Waals surface area (Å²) in [5.41, 5.74) is 8.26. The second kappa shape index (κ2) is 11.9. The molecule has 0 spiro atoms. The van der Waals surface area contributed by atoms with Gasteiger partial charge in [-0.1, -0.05) is 82.5 Å². The fourth-order valence-corrected chi connectivity index (χ4v) is 8.78. The Balaban J connectivity index is 0.